The number of nitrogens with one attached hydrogen (secondary N) is 1. The summed E-state index contributed by atoms with van der Waals surface area (Å²) in [6, 6.07) is 14.2. The molecule has 2 saturated heterocycles. The molecule has 0 bridgehead atoms. The first-order valence-corrected chi connectivity index (χ1v) is 16.9. The molecule has 0 atom stereocenters. The van der Waals surface area contributed by atoms with Crippen molar-refractivity contribution in [2.24, 2.45) is 4.36 Å². The molecular weight excluding hydrogens is 588 g/mol. The molecule has 0 amide bonds. The lowest BCUT2D eigenvalue weighted by Gasteiger charge is -2.29. The van der Waals surface area contributed by atoms with Gasteiger partial charge in [0.2, 0.25) is 0 Å². The highest BCUT2D eigenvalue weighted by molar-refractivity contribution is 7.93. The Morgan fingerprint density at radius 3 is 2.53 bits per heavy atom. The molecule has 12 nitrogen and oxygen atoms in total. The minimum atomic E-state index is -2.29. The van der Waals surface area contributed by atoms with Crippen molar-refractivity contribution in [3.05, 3.63) is 78.5 Å². The number of piperidine rings is 1. The minimum Gasteiger partial charge on any atom is -0.497 e. The van der Waals surface area contributed by atoms with E-state index in [9.17, 15) is 9.47 Å². The molecular formula is C32H34N10O2S. The van der Waals surface area contributed by atoms with E-state index in [0.29, 0.717) is 54.0 Å². The Kier molecular flexibility index (Phi) is 7.91. The number of pyridine rings is 1. The normalized spacial score (nSPS) is 16.8. The second-order valence-corrected chi connectivity index (χ2v) is 14.0. The maximum atomic E-state index is 13.4. The monoisotopic (exact) mass is 622 g/mol. The Bertz CT molecular complexity index is 1970. The highest BCUT2D eigenvalue weighted by atomic mass is 32.2. The molecule has 230 valence electrons. The summed E-state index contributed by atoms with van der Waals surface area (Å²) >= 11 is 0. The molecule has 0 saturated carbocycles. The minimum absolute atomic E-state index is 0.361. The fourth-order valence-electron chi connectivity index (χ4n) is 5.89. The summed E-state index contributed by atoms with van der Waals surface area (Å²) in [4.78, 5) is 11.9. The molecule has 6 heterocycles. The van der Waals surface area contributed by atoms with E-state index in [4.69, 9.17) is 14.7 Å². The van der Waals surface area contributed by atoms with E-state index in [1.54, 1.807) is 24.0 Å². The van der Waals surface area contributed by atoms with Crippen LogP contribution < -0.4 is 15.0 Å². The van der Waals surface area contributed by atoms with Crippen LogP contribution in [0.15, 0.2) is 71.7 Å². The third-order valence-electron chi connectivity index (χ3n) is 8.54. The van der Waals surface area contributed by atoms with Crippen LogP contribution in [0.5, 0.6) is 5.75 Å². The second kappa shape index (κ2) is 12.3. The fraction of sp³-hybridized carbons (Fsp3) is 0.344. The summed E-state index contributed by atoms with van der Waals surface area (Å²) in [7, 11) is -0.658. The smallest absolute Gasteiger partial charge is 0.128 e. The van der Waals surface area contributed by atoms with Gasteiger partial charge in [-0.2, -0.15) is 15.5 Å². The van der Waals surface area contributed by atoms with Crippen LogP contribution in [0, 0.1) is 11.3 Å². The molecule has 5 aromatic rings. The molecule has 2 aliphatic rings. The lowest BCUT2D eigenvalue weighted by atomic mass is 10.1. The Morgan fingerprint density at radius 2 is 1.82 bits per heavy atom. The van der Waals surface area contributed by atoms with Gasteiger partial charge >= 0.3 is 0 Å². The van der Waals surface area contributed by atoms with Gasteiger partial charge in [-0.05, 0) is 55.8 Å². The number of hydrogen-bond acceptors (Lipinski definition) is 10. The van der Waals surface area contributed by atoms with Gasteiger partial charge in [0.1, 0.15) is 28.7 Å². The van der Waals surface area contributed by atoms with Crippen LogP contribution in [0.1, 0.15) is 30.0 Å². The summed E-state index contributed by atoms with van der Waals surface area (Å²) in [6.45, 7) is 3.61. The van der Waals surface area contributed by atoms with Crippen molar-refractivity contribution in [1.82, 2.24) is 34.7 Å². The van der Waals surface area contributed by atoms with E-state index in [1.807, 2.05) is 59.7 Å². The van der Waals surface area contributed by atoms with Crippen molar-refractivity contribution < 1.29 is 8.95 Å². The third-order valence-corrected chi connectivity index (χ3v) is 10.8. The van der Waals surface area contributed by atoms with Gasteiger partial charge in [-0.15, -0.1) is 0 Å². The van der Waals surface area contributed by atoms with Gasteiger partial charge in [-0.25, -0.2) is 23.1 Å². The number of fused-ring (bicyclic) bond motifs is 1. The fourth-order valence-corrected chi connectivity index (χ4v) is 7.75. The number of hydrogen-bond donors (Lipinski definition) is 1. The molecule has 13 heteroatoms. The van der Waals surface area contributed by atoms with Gasteiger partial charge in [-0.1, -0.05) is 12.1 Å². The van der Waals surface area contributed by atoms with Gasteiger partial charge in [-0.3, -0.25) is 4.68 Å². The number of nitriles is 1. The van der Waals surface area contributed by atoms with E-state index in [2.05, 4.69) is 30.8 Å². The summed E-state index contributed by atoms with van der Waals surface area (Å²) in [5, 5.41) is 22.3. The number of anilines is 1. The summed E-state index contributed by atoms with van der Waals surface area (Å²) < 4.78 is 27.0. The maximum Gasteiger partial charge on any atom is 0.128 e. The molecule has 7 rings (SSSR count). The zero-order valence-electron chi connectivity index (χ0n) is 25.0. The predicted octanol–water partition coefficient (Wildman–Crippen LogP) is 3.95. The zero-order valence-corrected chi connectivity index (χ0v) is 25.9. The van der Waals surface area contributed by atoms with Crippen LogP contribution in [-0.4, -0.2) is 78.4 Å². The SMILES string of the molecule is COc1ccc(CN=S2(=O)CCN(c3ccc(-c4nc(-c5cnn(C6CCNCC6)c5)cn5ncc(C#N)c45)cn3)CC2)cc1. The van der Waals surface area contributed by atoms with Crippen LogP contribution in [0.2, 0.25) is 0 Å². The maximum absolute atomic E-state index is 13.4. The van der Waals surface area contributed by atoms with Gasteiger partial charge in [0.15, 0.2) is 0 Å². The van der Waals surface area contributed by atoms with Crippen LogP contribution in [-0.2, 0) is 16.3 Å². The van der Waals surface area contributed by atoms with Gasteiger partial charge in [0.05, 0.1) is 59.4 Å². The number of aromatic nitrogens is 6. The van der Waals surface area contributed by atoms with Crippen molar-refractivity contribution in [2.45, 2.75) is 25.4 Å². The average Bonchev–Trinajstić information content (AvgIpc) is 3.76. The molecule has 1 N–H and O–H groups in total. The van der Waals surface area contributed by atoms with Crippen LogP contribution in [0.4, 0.5) is 5.82 Å². The Hall–Kier alpha value is -4.80. The number of ether oxygens (including phenoxy) is 1. The molecule has 2 fully saturated rings. The van der Waals surface area contributed by atoms with Crippen molar-refractivity contribution >= 4 is 21.1 Å². The zero-order chi connectivity index (χ0) is 30.8. The molecule has 45 heavy (non-hydrogen) atoms. The van der Waals surface area contributed by atoms with Crippen LogP contribution in [0.3, 0.4) is 0 Å². The quantitative estimate of drug-likeness (QED) is 0.286. The van der Waals surface area contributed by atoms with Gasteiger partial charge in [0, 0.05) is 48.1 Å². The number of rotatable bonds is 7. The van der Waals surface area contributed by atoms with E-state index in [0.717, 1.165) is 59.9 Å². The Balaban J connectivity index is 1.10. The first kappa shape index (κ1) is 28.9. The Morgan fingerprint density at radius 1 is 1.02 bits per heavy atom. The molecule has 1 aromatic carbocycles. The third kappa shape index (κ3) is 5.99. The van der Waals surface area contributed by atoms with Crippen LogP contribution in [0.25, 0.3) is 28.0 Å². The van der Waals surface area contributed by atoms with Crippen molar-refractivity contribution in [2.75, 3.05) is 49.7 Å². The van der Waals surface area contributed by atoms with E-state index in [-0.39, 0.29) is 0 Å². The van der Waals surface area contributed by atoms with Crippen molar-refractivity contribution in [1.29, 1.82) is 5.26 Å². The number of benzene rings is 1. The Labute approximate surface area is 261 Å². The standard InChI is InChI=1S/C32H34N10O2S/c1-44-28-5-2-23(3-6-28)17-38-45(43)14-12-40(13-15-45)30-7-4-24(18-35-30)31-32-25(16-33)19-37-42(32)22-29(39-31)26-20-36-41(21-26)27-8-10-34-11-9-27/h2-7,18-22,27,34H,8-15,17H2,1H3. The van der Waals surface area contributed by atoms with Gasteiger partial charge in [0.25, 0.3) is 0 Å². The first-order valence-electron chi connectivity index (χ1n) is 15.1. The topological polar surface area (TPSA) is 139 Å². The van der Waals surface area contributed by atoms with Crippen LogP contribution >= 0.6 is 0 Å². The molecule has 4 aromatic heterocycles. The van der Waals surface area contributed by atoms with E-state index >= 15 is 0 Å². The predicted molar refractivity (Wildman–Crippen MR) is 173 cm³/mol. The molecule has 0 radical (unpaired) electrons. The first-order chi connectivity index (χ1) is 22.0. The average molecular weight is 623 g/mol. The summed E-state index contributed by atoms with van der Waals surface area (Å²) in [5.41, 5.74) is 5.12. The lowest BCUT2D eigenvalue weighted by Crippen LogP contribution is -2.40. The molecule has 0 spiro atoms. The van der Waals surface area contributed by atoms with E-state index in [1.165, 1.54) is 0 Å². The lowest BCUT2D eigenvalue weighted by molar-refractivity contribution is 0.343. The second-order valence-electron chi connectivity index (χ2n) is 11.3. The molecule has 0 aliphatic carbocycles. The van der Waals surface area contributed by atoms with Gasteiger partial charge < -0.3 is 15.0 Å². The highest BCUT2D eigenvalue weighted by Crippen LogP contribution is 2.30. The highest BCUT2D eigenvalue weighted by Gasteiger charge is 2.23. The summed E-state index contributed by atoms with van der Waals surface area (Å²) in [5.74, 6) is 2.57. The number of methoxy groups -OCH3 is 1. The molecule has 2 aliphatic heterocycles. The van der Waals surface area contributed by atoms with Crippen molar-refractivity contribution in [3.8, 4) is 34.3 Å². The summed E-state index contributed by atoms with van der Waals surface area (Å²) in [6.07, 6.45) is 11.2. The largest absolute Gasteiger partial charge is 0.497 e. The van der Waals surface area contributed by atoms with E-state index < -0.39 is 9.73 Å². The van der Waals surface area contributed by atoms with Crippen molar-refractivity contribution in [3.63, 3.8) is 0 Å². The molecule has 0 unspecified atom stereocenters. The number of nitrogens with zero attached hydrogens (tertiary/aromatic N) is 9.